The van der Waals surface area contributed by atoms with Crippen molar-refractivity contribution in [2.45, 2.75) is 25.7 Å². The van der Waals surface area contributed by atoms with Gasteiger partial charge in [0.05, 0.1) is 16.8 Å². The first-order valence-electron chi connectivity index (χ1n) is 5.49. The highest BCUT2D eigenvalue weighted by Gasteiger charge is 2.08. The Labute approximate surface area is 110 Å². The fourth-order valence-corrected chi connectivity index (χ4v) is 2.06. The minimum absolute atomic E-state index is 0.0675. The molecule has 0 saturated carbocycles. The Morgan fingerprint density at radius 2 is 2.22 bits per heavy atom. The summed E-state index contributed by atoms with van der Waals surface area (Å²) in [6.45, 7) is 3.59. The summed E-state index contributed by atoms with van der Waals surface area (Å²) in [7, 11) is 0. The molecule has 0 amide bonds. The molecule has 5 nitrogen and oxygen atoms in total. The number of carbonyl (C=O) groups excluding carboxylic acids is 1. The number of nitrogens with zero attached hydrogens (tertiary/aromatic N) is 1. The van der Waals surface area contributed by atoms with E-state index in [9.17, 15) is 14.9 Å². The summed E-state index contributed by atoms with van der Waals surface area (Å²) in [4.78, 5) is 21.4. The maximum Gasteiger partial charge on any atom is 0.316 e. The average molecular weight is 269 g/mol. The summed E-state index contributed by atoms with van der Waals surface area (Å²) < 4.78 is 4.98. The van der Waals surface area contributed by atoms with Gasteiger partial charge in [-0.2, -0.15) is 0 Å². The second-order valence-electron chi connectivity index (χ2n) is 3.96. The number of hydrogen-bond acceptors (Lipinski definition) is 5. The standard InChI is InChI=1S/C12H15NO4S/c1-9(2)17-12(14)8-18-7-10-4-3-5-11(6-10)13(15)16/h3-6,9H,7-8H2,1-2H3. The zero-order valence-electron chi connectivity index (χ0n) is 10.3. The van der Waals surface area contributed by atoms with Gasteiger partial charge >= 0.3 is 5.97 Å². The van der Waals surface area contributed by atoms with Crippen molar-refractivity contribution in [1.29, 1.82) is 0 Å². The third kappa shape index (κ3) is 5.18. The molecule has 1 rings (SSSR count). The second-order valence-corrected chi connectivity index (χ2v) is 4.94. The number of non-ortho nitro benzene ring substituents is 1. The van der Waals surface area contributed by atoms with Crippen molar-refractivity contribution in [3.05, 3.63) is 39.9 Å². The van der Waals surface area contributed by atoms with Gasteiger partial charge in [0.1, 0.15) is 0 Å². The molecule has 1 aromatic carbocycles. The highest BCUT2D eigenvalue weighted by Crippen LogP contribution is 2.18. The van der Waals surface area contributed by atoms with Gasteiger partial charge in [0.25, 0.3) is 5.69 Å². The molecule has 0 N–H and O–H groups in total. The molecule has 0 bridgehead atoms. The van der Waals surface area contributed by atoms with Gasteiger partial charge in [0, 0.05) is 17.9 Å². The van der Waals surface area contributed by atoms with E-state index in [4.69, 9.17) is 4.74 Å². The lowest BCUT2D eigenvalue weighted by molar-refractivity contribution is -0.384. The van der Waals surface area contributed by atoms with Crippen LogP contribution in [0.25, 0.3) is 0 Å². The molecular weight excluding hydrogens is 254 g/mol. The predicted octanol–water partition coefficient (Wildman–Crippen LogP) is 2.78. The molecule has 0 heterocycles. The van der Waals surface area contributed by atoms with E-state index in [1.165, 1.54) is 23.9 Å². The topological polar surface area (TPSA) is 69.4 Å². The van der Waals surface area contributed by atoms with Gasteiger partial charge in [-0.3, -0.25) is 14.9 Å². The van der Waals surface area contributed by atoms with Crippen molar-refractivity contribution >= 4 is 23.4 Å². The molecule has 0 spiro atoms. The van der Waals surface area contributed by atoms with E-state index in [1.807, 2.05) is 0 Å². The molecule has 0 saturated heterocycles. The summed E-state index contributed by atoms with van der Waals surface area (Å²) in [5.41, 5.74) is 0.893. The fraction of sp³-hybridized carbons (Fsp3) is 0.417. The molecule has 1 aromatic rings. The van der Waals surface area contributed by atoms with E-state index in [1.54, 1.807) is 26.0 Å². The molecule has 0 aliphatic carbocycles. The van der Waals surface area contributed by atoms with Crippen LogP contribution in [-0.2, 0) is 15.3 Å². The molecule has 0 aliphatic heterocycles. The Morgan fingerprint density at radius 1 is 1.50 bits per heavy atom. The van der Waals surface area contributed by atoms with E-state index >= 15 is 0 Å². The normalized spacial score (nSPS) is 10.4. The molecular formula is C12H15NO4S. The quantitative estimate of drug-likeness (QED) is 0.451. The van der Waals surface area contributed by atoms with Crippen LogP contribution in [0.4, 0.5) is 5.69 Å². The van der Waals surface area contributed by atoms with Crippen LogP contribution in [-0.4, -0.2) is 22.7 Å². The Hall–Kier alpha value is -1.56. The van der Waals surface area contributed by atoms with E-state index < -0.39 is 4.92 Å². The molecule has 0 aromatic heterocycles. The SMILES string of the molecule is CC(C)OC(=O)CSCc1cccc([N+](=O)[O-])c1. The lowest BCUT2D eigenvalue weighted by Gasteiger charge is -2.07. The smallest absolute Gasteiger partial charge is 0.316 e. The van der Waals surface area contributed by atoms with Crippen molar-refractivity contribution in [2.75, 3.05) is 5.75 Å². The van der Waals surface area contributed by atoms with Crippen LogP contribution in [0.1, 0.15) is 19.4 Å². The highest BCUT2D eigenvalue weighted by molar-refractivity contribution is 7.99. The summed E-state index contributed by atoms with van der Waals surface area (Å²) in [5.74, 6) is 0.538. The summed E-state index contributed by atoms with van der Waals surface area (Å²) in [5, 5.41) is 10.6. The molecule has 0 fully saturated rings. The van der Waals surface area contributed by atoms with Crippen LogP contribution >= 0.6 is 11.8 Å². The predicted molar refractivity (Wildman–Crippen MR) is 70.5 cm³/mol. The first-order chi connectivity index (χ1) is 8.49. The van der Waals surface area contributed by atoms with Gasteiger partial charge in [0.2, 0.25) is 0 Å². The van der Waals surface area contributed by atoms with Crippen LogP contribution < -0.4 is 0 Å². The van der Waals surface area contributed by atoms with Crippen LogP contribution in [0.15, 0.2) is 24.3 Å². The first-order valence-corrected chi connectivity index (χ1v) is 6.65. The number of nitro benzene ring substituents is 1. The Kier molecular flexibility index (Phi) is 5.64. The average Bonchev–Trinajstić information content (AvgIpc) is 2.28. The lowest BCUT2D eigenvalue weighted by atomic mass is 10.2. The van der Waals surface area contributed by atoms with E-state index in [-0.39, 0.29) is 23.5 Å². The van der Waals surface area contributed by atoms with Crippen molar-refractivity contribution < 1.29 is 14.5 Å². The third-order valence-corrected chi connectivity index (χ3v) is 2.95. The van der Waals surface area contributed by atoms with E-state index in [0.29, 0.717) is 5.75 Å². The maximum atomic E-state index is 11.3. The largest absolute Gasteiger partial charge is 0.462 e. The molecule has 18 heavy (non-hydrogen) atoms. The number of benzene rings is 1. The molecule has 0 aliphatic rings. The van der Waals surface area contributed by atoms with E-state index in [2.05, 4.69) is 0 Å². The summed E-state index contributed by atoms with van der Waals surface area (Å²) in [6, 6.07) is 6.40. The first kappa shape index (κ1) is 14.5. The van der Waals surface area contributed by atoms with Crippen LogP contribution in [0, 0.1) is 10.1 Å². The minimum Gasteiger partial charge on any atom is -0.462 e. The molecule has 0 unspecified atom stereocenters. The van der Waals surface area contributed by atoms with Gasteiger partial charge < -0.3 is 4.74 Å². The summed E-state index contributed by atoms with van der Waals surface area (Å²) >= 11 is 1.38. The number of thioether (sulfide) groups is 1. The van der Waals surface area contributed by atoms with Gasteiger partial charge in [-0.1, -0.05) is 12.1 Å². The Morgan fingerprint density at radius 3 is 2.83 bits per heavy atom. The monoisotopic (exact) mass is 269 g/mol. The Bertz CT molecular complexity index is 434. The highest BCUT2D eigenvalue weighted by atomic mass is 32.2. The van der Waals surface area contributed by atoms with Crippen LogP contribution in [0.2, 0.25) is 0 Å². The van der Waals surface area contributed by atoms with Crippen molar-refractivity contribution in [3.8, 4) is 0 Å². The third-order valence-electron chi connectivity index (χ3n) is 1.98. The van der Waals surface area contributed by atoms with Crippen LogP contribution in [0.3, 0.4) is 0 Å². The number of esters is 1. The molecule has 6 heteroatoms. The van der Waals surface area contributed by atoms with Gasteiger partial charge in [0.15, 0.2) is 0 Å². The second kappa shape index (κ2) is 7.00. The van der Waals surface area contributed by atoms with Crippen molar-refractivity contribution in [2.24, 2.45) is 0 Å². The minimum atomic E-state index is -0.429. The molecule has 98 valence electrons. The Balaban J connectivity index is 2.42. The lowest BCUT2D eigenvalue weighted by Crippen LogP contribution is -2.13. The number of nitro groups is 1. The van der Waals surface area contributed by atoms with Crippen molar-refractivity contribution in [1.82, 2.24) is 0 Å². The van der Waals surface area contributed by atoms with Crippen molar-refractivity contribution in [3.63, 3.8) is 0 Å². The summed E-state index contributed by atoms with van der Waals surface area (Å²) in [6.07, 6.45) is -0.115. The van der Waals surface area contributed by atoms with Gasteiger partial charge in [-0.15, -0.1) is 11.8 Å². The molecule has 0 radical (unpaired) electrons. The van der Waals surface area contributed by atoms with E-state index in [0.717, 1.165) is 5.56 Å². The zero-order chi connectivity index (χ0) is 13.5. The van der Waals surface area contributed by atoms with Gasteiger partial charge in [-0.25, -0.2) is 0 Å². The number of hydrogen-bond donors (Lipinski definition) is 0. The molecule has 0 atom stereocenters. The maximum absolute atomic E-state index is 11.3. The number of carbonyl (C=O) groups is 1. The van der Waals surface area contributed by atoms with Crippen LogP contribution in [0.5, 0.6) is 0 Å². The van der Waals surface area contributed by atoms with Gasteiger partial charge in [-0.05, 0) is 19.4 Å². The number of rotatable bonds is 6. The number of ether oxygens (including phenoxy) is 1. The fourth-order valence-electron chi connectivity index (χ4n) is 1.31. The zero-order valence-corrected chi connectivity index (χ0v) is 11.1.